The average molecular weight is 282 g/mol. The first-order chi connectivity index (χ1) is 9.47. The van der Waals surface area contributed by atoms with Crippen molar-refractivity contribution in [3.63, 3.8) is 0 Å². The molecule has 4 nitrogen and oxygen atoms in total. The molecule has 0 bridgehead atoms. The van der Waals surface area contributed by atoms with Crippen molar-refractivity contribution >= 4 is 6.47 Å². The lowest BCUT2D eigenvalue weighted by Crippen LogP contribution is -2.33. The lowest BCUT2D eigenvalue weighted by Gasteiger charge is -2.38. The molecule has 4 fully saturated rings. The van der Waals surface area contributed by atoms with E-state index in [1.54, 1.807) is 0 Å². The Balaban J connectivity index is 0.000000373. The molecular formula is C16H26O4. The molecule has 114 valence electrons. The Morgan fingerprint density at radius 3 is 2.35 bits per heavy atom. The lowest BCUT2D eigenvalue weighted by atomic mass is 9.65. The molecule has 0 aromatic rings. The van der Waals surface area contributed by atoms with Gasteiger partial charge in [-0.15, -0.1) is 0 Å². The van der Waals surface area contributed by atoms with Crippen LogP contribution in [0.25, 0.3) is 0 Å². The zero-order valence-corrected chi connectivity index (χ0v) is 12.6. The SMILES string of the molecule is CC1(C)CC23OC2(CC1CC1CCCCC1)O3.O=CO. The molecule has 0 radical (unpaired) electrons. The van der Waals surface area contributed by atoms with Gasteiger partial charge in [0.1, 0.15) is 0 Å². The molecule has 0 spiro atoms. The maximum Gasteiger partial charge on any atom is 0.290 e. The summed E-state index contributed by atoms with van der Waals surface area (Å²) in [6, 6.07) is 0. The normalized spacial score (nSPS) is 44.4. The predicted octanol–water partition coefficient (Wildman–Crippen LogP) is 3.55. The fraction of sp³-hybridized carbons (Fsp3) is 0.938. The molecule has 1 unspecified atom stereocenters. The van der Waals surface area contributed by atoms with Gasteiger partial charge in [-0.2, -0.15) is 0 Å². The van der Waals surface area contributed by atoms with Crippen molar-refractivity contribution in [3.8, 4) is 0 Å². The van der Waals surface area contributed by atoms with Gasteiger partial charge in [0.15, 0.2) is 0 Å². The van der Waals surface area contributed by atoms with Crippen LogP contribution < -0.4 is 0 Å². The second-order valence-electron chi connectivity index (χ2n) is 7.62. The first kappa shape index (κ1) is 14.3. The first-order valence-corrected chi connectivity index (χ1v) is 7.95. The Labute approximate surface area is 120 Å². The largest absolute Gasteiger partial charge is 0.483 e. The quantitative estimate of drug-likeness (QED) is 0.621. The zero-order chi connectivity index (χ0) is 14.4. The van der Waals surface area contributed by atoms with Crippen LogP contribution in [0.4, 0.5) is 0 Å². The second-order valence-corrected chi connectivity index (χ2v) is 7.62. The molecule has 0 aromatic carbocycles. The van der Waals surface area contributed by atoms with E-state index in [4.69, 9.17) is 19.4 Å². The fourth-order valence-electron chi connectivity index (χ4n) is 4.51. The van der Waals surface area contributed by atoms with Crippen LogP contribution >= 0.6 is 0 Å². The monoisotopic (exact) mass is 282 g/mol. The van der Waals surface area contributed by atoms with Gasteiger partial charge in [0.2, 0.25) is 11.6 Å². The van der Waals surface area contributed by atoms with Gasteiger partial charge in [0, 0.05) is 12.8 Å². The number of carboxylic acid groups (broad SMARTS) is 1. The number of hydrogen-bond donors (Lipinski definition) is 1. The van der Waals surface area contributed by atoms with E-state index in [0.717, 1.165) is 24.7 Å². The molecular weight excluding hydrogens is 256 g/mol. The van der Waals surface area contributed by atoms with Gasteiger partial charge >= 0.3 is 0 Å². The number of rotatable bonds is 2. The molecule has 2 saturated heterocycles. The molecule has 4 aliphatic rings. The van der Waals surface area contributed by atoms with Gasteiger partial charge in [-0.05, 0) is 23.7 Å². The third kappa shape index (κ3) is 2.27. The van der Waals surface area contributed by atoms with Crippen LogP contribution in [0.5, 0.6) is 0 Å². The summed E-state index contributed by atoms with van der Waals surface area (Å²) in [6.07, 6.45) is 11.0. The summed E-state index contributed by atoms with van der Waals surface area (Å²) in [5, 5.41) is 6.89. The number of hydrogen-bond acceptors (Lipinski definition) is 3. The van der Waals surface area contributed by atoms with Crippen LogP contribution in [0.15, 0.2) is 0 Å². The minimum atomic E-state index is -0.250. The fourth-order valence-corrected chi connectivity index (χ4v) is 4.51. The summed E-state index contributed by atoms with van der Waals surface area (Å²) < 4.78 is 11.5. The molecule has 2 aliphatic carbocycles. The van der Waals surface area contributed by atoms with Gasteiger partial charge in [-0.1, -0.05) is 46.0 Å². The van der Waals surface area contributed by atoms with Crippen molar-refractivity contribution in [3.05, 3.63) is 0 Å². The second kappa shape index (κ2) is 4.70. The van der Waals surface area contributed by atoms with Gasteiger partial charge in [-0.25, -0.2) is 0 Å². The summed E-state index contributed by atoms with van der Waals surface area (Å²) in [6.45, 7) is 4.59. The van der Waals surface area contributed by atoms with Crippen molar-refractivity contribution < 1.29 is 19.4 Å². The number of ether oxygens (including phenoxy) is 2. The molecule has 4 heteroatoms. The molecule has 1 N–H and O–H groups in total. The van der Waals surface area contributed by atoms with Crippen molar-refractivity contribution in [2.75, 3.05) is 0 Å². The smallest absolute Gasteiger partial charge is 0.290 e. The topological polar surface area (TPSA) is 62.4 Å². The van der Waals surface area contributed by atoms with Crippen molar-refractivity contribution in [1.82, 2.24) is 0 Å². The molecule has 4 rings (SSSR count). The van der Waals surface area contributed by atoms with Crippen LogP contribution in [0.2, 0.25) is 0 Å². The third-order valence-electron chi connectivity index (χ3n) is 5.81. The van der Waals surface area contributed by atoms with E-state index in [1.807, 2.05) is 0 Å². The molecule has 2 aliphatic heterocycles. The van der Waals surface area contributed by atoms with E-state index in [9.17, 15) is 0 Å². The van der Waals surface area contributed by atoms with E-state index >= 15 is 0 Å². The van der Waals surface area contributed by atoms with E-state index in [1.165, 1.54) is 38.5 Å². The Morgan fingerprint density at radius 2 is 1.75 bits per heavy atom. The summed E-state index contributed by atoms with van der Waals surface area (Å²) in [7, 11) is 0. The maximum absolute atomic E-state index is 8.36. The van der Waals surface area contributed by atoms with E-state index in [-0.39, 0.29) is 18.0 Å². The highest BCUT2D eigenvalue weighted by molar-refractivity contribution is 5.32. The Bertz CT molecular complexity index is 378. The highest BCUT2D eigenvalue weighted by Gasteiger charge is 2.93. The zero-order valence-electron chi connectivity index (χ0n) is 12.6. The van der Waals surface area contributed by atoms with Crippen molar-refractivity contribution in [1.29, 1.82) is 0 Å². The van der Waals surface area contributed by atoms with E-state index in [2.05, 4.69) is 13.8 Å². The van der Waals surface area contributed by atoms with Gasteiger partial charge in [0.25, 0.3) is 6.47 Å². The van der Waals surface area contributed by atoms with Gasteiger partial charge in [0.05, 0.1) is 0 Å². The molecule has 20 heavy (non-hydrogen) atoms. The van der Waals surface area contributed by atoms with Crippen molar-refractivity contribution in [2.24, 2.45) is 17.3 Å². The lowest BCUT2D eigenvalue weighted by molar-refractivity contribution is -0.122. The van der Waals surface area contributed by atoms with E-state index in [0.29, 0.717) is 5.41 Å². The van der Waals surface area contributed by atoms with Crippen molar-refractivity contribution in [2.45, 2.75) is 76.8 Å². The summed E-state index contributed by atoms with van der Waals surface area (Å²) in [4.78, 5) is 8.36. The summed E-state index contributed by atoms with van der Waals surface area (Å²) in [5.41, 5.74) is 0.411. The standard InChI is InChI=1S/C15H24O2.CH2O2/c1-13(2)10-15-14(16-15,17-15)9-12(13)8-11-6-4-3-5-7-11;2-1-3/h11-12H,3-10H2,1-2H3;1H,(H,2,3). The molecule has 0 aromatic heterocycles. The maximum atomic E-state index is 8.36. The van der Waals surface area contributed by atoms with Gasteiger partial charge in [-0.3, -0.25) is 4.79 Å². The predicted molar refractivity (Wildman–Crippen MR) is 74.0 cm³/mol. The first-order valence-electron chi connectivity index (χ1n) is 7.95. The minimum absolute atomic E-state index is 0.0815. The van der Waals surface area contributed by atoms with Crippen LogP contribution in [0.1, 0.15) is 65.2 Å². The Morgan fingerprint density at radius 1 is 1.15 bits per heavy atom. The summed E-state index contributed by atoms with van der Waals surface area (Å²) in [5.74, 6) is 1.61. The highest BCUT2D eigenvalue weighted by Crippen LogP contribution is 2.78. The highest BCUT2D eigenvalue weighted by atomic mass is 17.0. The number of epoxide rings is 2. The van der Waals surface area contributed by atoms with Crippen LogP contribution in [-0.4, -0.2) is 23.2 Å². The molecule has 0 amide bonds. The Hall–Kier alpha value is -0.610. The third-order valence-corrected chi connectivity index (χ3v) is 5.81. The summed E-state index contributed by atoms with van der Waals surface area (Å²) >= 11 is 0. The average Bonchev–Trinajstić information content (AvgIpc) is 3.16. The number of carbonyl (C=O) groups is 1. The van der Waals surface area contributed by atoms with Gasteiger partial charge < -0.3 is 14.6 Å². The minimum Gasteiger partial charge on any atom is -0.483 e. The van der Waals surface area contributed by atoms with Crippen LogP contribution in [0, 0.1) is 17.3 Å². The Kier molecular flexibility index (Phi) is 3.37. The molecule has 2 heterocycles. The molecule has 1 atom stereocenters. The molecule has 2 saturated carbocycles. The van der Waals surface area contributed by atoms with Crippen LogP contribution in [0.3, 0.4) is 0 Å². The van der Waals surface area contributed by atoms with Crippen LogP contribution in [-0.2, 0) is 14.3 Å². The van der Waals surface area contributed by atoms with E-state index < -0.39 is 0 Å².